The molecular weight excluding hydrogens is 226 g/mol. The standard InChI is InChI=1S/C15H29NO2/c1-11(2)10-16(14-8-6-7-9-14)13(4)12(3)15(17)18-5/h11-14H,6-10H2,1-5H3. The molecule has 0 aromatic carbocycles. The molecule has 0 N–H and O–H groups in total. The molecule has 0 bridgehead atoms. The number of ether oxygens (including phenoxy) is 1. The van der Waals surface area contributed by atoms with Gasteiger partial charge in [-0.05, 0) is 25.7 Å². The number of methoxy groups -OCH3 is 1. The largest absolute Gasteiger partial charge is 0.469 e. The summed E-state index contributed by atoms with van der Waals surface area (Å²) in [7, 11) is 1.48. The number of hydrogen-bond donors (Lipinski definition) is 0. The maximum Gasteiger partial charge on any atom is 0.309 e. The molecule has 3 heteroatoms. The fourth-order valence-electron chi connectivity index (χ4n) is 2.98. The summed E-state index contributed by atoms with van der Waals surface area (Å²) in [5.74, 6) is 0.501. The van der Waals surface area contributed by atoms with Gasteiger partial charge in [0.1, 0.15) is 0 Å². The lowest BCUT2D eigenvalue weighted by molar-refractivity contribution is -0.147. The van der Waals surface area contributed by atoms with Gasteiger partial charge in [-0.2, -0.15) is 0 Å². The topological polar surface area (TPSA) is 29.5 Å². The lowest BCUT2D eigenvalue weighted by Crippen LogP contribution is -2.47. The molecule has 0 aliphatic heterocycles. The Hall–Kier alpha value is -0.570. The highest BCUT2D eigenvalue weighted by atomic mass is 16.5. The minimum absolute atomic E-state index is 0.0469. The van der Waals surface area contributed by atoms with E-state index < -0.39 is 0 Å². The van der Waals surface area contributed by atoms with Crippen LogP contribution in [0.4, 0.5) is 0 Å². The van der Waals surface area contributed by atoms with Crippen molar-refractivity contribution in [2.45, 2.75) is 65.5 Å². The third kappa shape index (κ3) is 3.98. The van der Waals surface area contributed by atoms with Crippen LogP contribution in [0.1, 0.15) is 53.4 Å². The van der Waals surface area contributed by atoms with E-state index in [2.05, 4.69) is 25.7 Å². The van der Waals surface area contributed by atoms with Crippen molar-refractivity contribution in [3.8, 4) is 0 Å². The molecule has 1 aliphatic rings. The Kier molecular flexibility index (Phi) is 6.13. The Labute approximate surface area is 112 Å². The Morgan fingerprint density at radius 2 is 1.78 bits per heavy atom. The maximum atomic E-state index is 11.7. The second kappa shape index (κ2) is 7.13. The Bertz CT molecular complexity index is 259. The molecule has 0 heterocycles. The van der Waals surface area contributed by atoms with E-state index in [4.69, 9.17) is 4.74 Å². The molecule has 1 rings (SSSR count). The summed E-state index contributed by atoms with van der Waals surface area (Å²) < 4.78 is 4.89. The molecule has 0 spiro atoms. The Balaban J connectivity index is 2.71. The van der Waals surface area contributed by atoms with Gasteiger partial charge in [0.05, 0.1) is 13.0 Å². The quantitative estimate of drug-likeness (QED) is 0.683. The molecule has 2 unspecified atom stereocenters. The van der Waals surface area contributed by atoms with Crippen LogP contribution >= 0.6 is 0 Å². The van der Waals surface area contributed by atoms with Gasteiger partial charge < -0.3 is 4.74 Å². The van der Waals surface area contributed by atoms with Crippen molar-refractivity contribution in [2.75, 3.05) is 13.7 Å². The van der Waals surface area contributed by atoms with Crippen LogP contribution in [0.15, 0.2) is 0 Å². The van der Waals surface area contributed by atoms with Crippen molar-refractivity contribution in [3.63, 3.8) is 0 Å². The summed E-state index contributed by atoms with van der Waals surface area (Å²) in [6.45, 7) is 9.73. The van der Waals surface area contributed by atoms with E-state index in [1.807, 2.05) is 6.92 Å². The zero-order valence-electron chi connectivity index (χ0n) is 12.6. The Morgan fingerprint density at radius 3 is 2.22 bits per heavy atom. The summed E-state index contributed by atoms with van der Waals surface area (Å²) in [5.41, 5.74) is 0. The van der Waals surface area contributed by atoms with Crippen molar-refractivity contribution in [3.05, 3.63) is 0 Å². The second-order valence-corrected chi connectivity index (χ2v) is 6.08. The average Bonchev–Trinajstić information content (AvgIpc) is 2.86. The van der Waals surface area contributed by atoms with Crippen LogP contribution in [0.2, 0.25) is 0 Å². The summed E-state index contributed by atoms with van der Waals surface area (Å²) in [6, 6.07) is 0.928. The predicted molar refractivity (Wildman–Crippen MR) is 74.4 cm³/mol. The summed E-state index contributed by atoms with van der Waals surface area (Å²) >= 11 is 0. The SMILES string of the molecule is COC(=O)C(C)C(C)N(CC(C)C)C1CCCC1. The van der Waals surface area contributed by atoms with E-state index in [9.17, 15) is 4.79 Å². The van der Waals surface area contributed by atoms with Gasteiger partial charge in [0.2, 0.25) is 0 Å². The van der Waals surface area contributed by atoms with Gasteiger partial charge in [-0.15, -0.1) is 0 Å². The molecule has 0 radical (unpaired) electrons. The lowest BCUT2D eigenvalue weighted by Gasteiger charge is -2.38. The van der Waals surface area contributed by atoms with Crippen LogP contribution in [0.25, 0.3) is 0 Å². The van der Waals surface area contributed by atoms with Gasteiger partial charge in [-0.3, -0.25) is 9.69 Å². The van der Waals surface area contributed by atoms with E-state index in [1.165, 1.54) is 32.8 Å². The summed E-state index contributed by atoms with van der Waals surface area (Å²) in [6.07, 6.45) is 5.23. The minimum atomic E-state index is -0.0887. The fraction of sp³-hybridized carbons (Fsp3) is 0.933. The number of esters is 1. The Morgan fingerprint density at radius 1 is 1.22 bits per heavy atom. The smallest absolute Gasteiger partial charge is 0.309 e. The molecule has 18 heavy (non-hydrogen) atoms. The maximum absolute atomic E-state index is 11.7. The van der Waals surface area contributed by atoms with Gasteiger partial charge in [0, 0.05) is 18.6 Å². The predicted octanol–water partition coefficient (Wildman–Crippen LogP) is 3.08. The first-order chi connectivity index (χ1) is 8.47. The van der Waals surface area contributed by atoms with Gasteiger partial charge in [-0.25, -0.2) is 0 Å². The van der Waals surface area contributed by atoms with Gasteiger partial charge in [0.25, 0.3) is 0 Å². The van der Waals surface area contributed by atoms with Crippen LogP contribution in [0.3, 0.4) is 0 Å². The van der Waals surface area contributed by atoms with Crippen LogP contribution < -0.4 is 0 Å². The molecule has 106 valence electrons. The number of hydrogen-bond acceptors (Lipinski definition) is 3. The third-order valence-electron chi connectivity index (χ3n) is 4.19. The van der Waals surface area contributed by atoms with E-state index in [1.54, 1.807) is 0 Å². The van der Waals surface area contributed by atoms with Gasteiger partial charge >= 0.3 is 5.97 Å². The summed E-state index contributed by atoms with van der Waals surface area (Å²) in [5, 5.41) is 0. The first-order valence-electron chi connectivity index (χ1n) is 7.31. The first-order valence-corrected chi connectivity index (χ1v) is 7.31. The van der Waals surface area contributed by atoms with Crippen molar-refractivity contribution < 1.29 is 9.53 Å². The molecule has 1 fully saturated rings. The lowest BCUT2D eigenvalue weighted by atomic mass is 9.98. The highest BCUT2D eigenvalue weighted by Crippen LogP contribution is 2.28. The van der Waals surface area contributed by atoms with Gasteiger partial charge in [-0.1, -0.05) is 33.6 Å². The molecule has 0 aromatic rings. The van der Waals surface area contributed by atoms with Crippen molar-refractivity contribution in [2.24, 2.45) is 11.8 Å². The van der Waals surface area contributed by atoms with E-state index in [-0.39, 0.29) is 17.9 Å². The molecular formula is C15H29NO2. The third-order valence-corrected chi connectivity index (χ3v) is 4.19. The molecule has 2 atom stereocenters. The average molecular weight is 255 g/mol. The van der Waals surface area contributed by atoms with Crippen molar-refractivity contribution >= 4 is 5.97 Å². The van der Waals surface area contributed by atoms with Crippen molar-refractivity contribution in [1.82, 2.24) is 4.90 Å². The number of nitrogens with zero attached hydrogens (tertiary/aromatic N) is 1. The number of carbonyl (C=O) groups excluding carboxylic acids is 1. The van der Waals surface area contributed by atoms with E-state index >= 15 is 0 Å². The fourth-order valence-corrected chi connectivity index (χ4v) is 2.98. The molecule has 3 nitrogen and oxygen atoms in total. The molecule has 1 aliphatic carbocycles. The van der Waals surface area contributed by atoms with Crippen LogP contribution in [-0.2, 0) is 9.53 Å². The second-order valence-electron chi connectivity index (χ2n) is 6.08. The highest BCUT2D eigenvalue weighted by molar-refractivity contribution is 5.72. The molecule has 0 amide bonds. The highest BCUT2D eigenvalue weighted by Gasteiger charge is 2.32. The first kappa shape index (κ1) is 15.5. The van der Waals surface area contributed by atoms with Crippen molar-refractivity contribution in [1.29, 1.82) is 0 Å². The number of rotatable bonds is 6. The van der Waals surface area contributed by atoms with E-state index in [0.29, 0.717) is 12.0 Å². The summed E-state index contributed by atoms with van der Waals surface area (Å²) in [4.78, 5) is 14.3. The molecule has 1 saturated carbocycles. The monoisotopic (exact) mass is 255 g/mol. The van der Waals surface area contributed by atoms with Crippen LogP contribution in [0.5, 0.6) is 0 Å². The number of carbonyl (C=O) groups is 1. The van der Waals surface area contributed by atoms with Gasteiger partial charge in [0.15, 0.2) is 0 Å². The zero-order chi connectivity index (χ0) is 13.7. The molecule has 0 saturated heterocycles. The normalized spacial score (nSPS) is 20.4. The van der Waals surface area contributed by atoms with E-state index in [0.717, 1.165) is 6.54 Å². The molecule has 0 aromatic heterocycles. The zero-order valence-corrected chi connectivity index (χ0v) is 12.6. The van der Waals surface area contributed by atoms with Crippen LogP contribution in [0, 0.1) is 11.8 Å². The van der Waals surface area contributed by atoms with Crippen LogP contribution in [-0.4, -0.2) is 36.6 Å². The minimum Gasteiger partial charge on any atom is -0.469 e.